The molecule has 2 atom stereocenters. The van der Waals surface area contributed by atoms with E-state index >= 15 is 0 Å². The monoisotopic (exact) mass is 444 g/mol. The minimum atomic E-state index is -4.53. The zero-order valence-electron chi connectivity index (χ0n) is 17.6. The number of hydrogen-bond donors (Lipinski definition) is 0. The third kappa shape index (κ3) is 3.74. The van der Waals surface area contributed by atoms with Crippen LogP contribution < -0.4 is 0 Å². The Morgan fingerprint density at radius 3 is 2.84 bits per heavy atom. The van der Waals surface area contributed by atoms with Gasteiger partial charge in [-0.3, -0.25) is 4.79 Å². The molecule has 1 amide bonds. The van der Waals surface area contributed by atoms with E-state index in [-0.39, 0.29) is 23.2 Å². The highest BCUT2D eigenvalue weighted by molar-refractivity contribution is 5.83. The summed E-state index contributed by atoms with van der Waals surface area (Å²) in [5, 5.41) is 4.25. The molecule has 0 spiro atoms. The van der Waals surface area contributed by atoms with Crippen LogP contribution in [0.5, 0.6) is 0 Å². The number of ether oxygens (including phenoxy) is 1. The number of fused-ring (bicyclic) bond motifs is 2. The van der Waals surface area contributed by atoms with Crippen molar-refractivity contribution in [2.75, 3.05) is 19.7 Å². The van der Waals surface area contributed by atoms with Crippen molar-refractivity contribution < 1.29 is 22.7 Å². The Balaban J connectivity index is 1.41. The van der Waals surface area contributed by atoms with Crippen molar-refractivity contribution in [3.8, 4) is 0 Å². The van der Waals surface area contributed by atoms with Crippen molar-refractivity contribution in [1.29, 1.82) is 0 Å². The highest BCUT2D eigenvalue weighted by Crippen LogP contribution is 2.34. The first-order valence-electron chi connectivity index (χ1n) is 10.7. The molecule has 2 aliphatic heterocycles. The fourth-order valence-corrected chi connectivity index (χ4v) is 4.70. The molecule has 4 heterocycles. The van der Waals surface area contributed by atoms with Gasteiger partial charge in [0, 0.05) is 30.8 Å². The number of amides is 1. The van der Waals surface area contributed by atoms with Crippen LogP contribution in [0, 0.1) is 6.92 Å². The lowest BCUT2D eigenvalue weighted by Gasteiger charge is -2.35. The standard InChI is InChI=1S/C23H23F3N4O2/c1-14-11-19(23(24,25)26)30-20(27-14)12-18(28-30)16-6-4-9-29(13-16)22(31)21-17-7-3-2-5-15(17)8-10-32-21/h2-3,5,7,11-12,16,21H,4,6,8-10,13H2,1H3/t16-,21-/m1/s1. The van der Waals surface area contributed by atoms with E-state index in [1.807, 2.05) is 24.3 Å². The molecule has 3 aromatic rings. The molecular weight excluding hydrogens is 421 g/mol. The van der Waals surface area contributed by atoms with Crippen LogP contribution in [-0.4, -0.2) is 45.1 Å². The van der Waals surface area contributed by atoms with Crippen molar-refractivity contribution in [3.05, 3.63) is 64.6 Å². The first-order valence-corrected chi connectivity index (χ1v) is 10.7. The SMILES string of the molecule is Cc1cc(C(F)(F)F)n2nc([C@@H]3CCCN(C(=O)[C@@H]4OCCc5ccccc54)C3)cc2n1. The summed E-state index contributed by atoms with van der Waals surface area (Å²) >= 11 is 0. The summed E-state index contributed by atoms with van der Waals surface area (Å²) in [7, 11) is 0. The van der Waals surface area contributed by atoms with Gasteiger partial charge in [0.05, 0.1) is 12.3 Å². The number of piperidine rings is 1. The molecule has 2 aliphatic rings. The van der Waals surface area contributed by atoms with E-state index in [0.717, 1.165) is 41.0 Å². The zero-order chi connectivity index (χ0) is 22.5. The van der Waals surface area contributed by atoms with E-state index in [1.54, 1.807) is 11.0 Å². The number of carbonyl (C=O) groups excluding carboxylic acids is 1. The predicted octanol–water partition coefficient (Wildman–Crippen LogP) is 4.08. The van der Waals surface area contributed by atoms with E-state index in [2.05, 4.69) is 10.1 Å². The second kappa shape index (κ2) is 7.88. The summed E-state index contributed by atoms with van der Waals surface area (Å²) in [6.07, 6.45) is -2.90. The lowest BCUT2D eigenvalue weighted by Crippen LogP contribution is -2.43. The maximum Gasteiger partial charge on any atom is 0.433 e. The molecule has 168 valence electrons. The summed E-state index contributed by atoms with van der Waals surface area (Å²) in [6, 6.07) is 10.4. The van der Waals surface area contributed by atoms with Crippen LogP contribution in [0.4, 0.5) is 13.2 Å². The van der Waals surface area contributed by atoms with Crippen molar-refractivity contribution >= 4 is 11.6 Å². The molecule has 6 nitrogen and oxygen atoms in total. The molecular formula is C23H23F3N4O2. The summed E-state index contributed by atoms with van der Waals surface area (Å²) in [5.74, 6) is -0.259. The van der Waals surface area contributed by atoms with Gasteiger partial charge in [-0.2, -0.15) is 18.3 Å². The van der Waals surface area contributed by atoms with Crippen LogP contribution in [0.1, 0.15) is 53.1 Å². The van der Waals surface area contributed by atoms with Crippen LogP contribution >= 0.6 is 0 Å². The Bertz CT molecular complexity index is 1170. The molecule has 0 aliphatic carbocycles. The Morgan fingerprint density at radius 2 is 2.03 bits per heavy atom. The molecule has 0 N–H and O–H groups in total. The average molecular weight is 444 g/mol. The van der Waals surface area contributed by atoms with Crippen LogP contribution in [0.25, 0.3) is 5.65 Å². The highest BCUT2D eigenvalue weighted by atomic mass is 19.4. The lowest BCUT2D eigenvalue weighted by molar-refractivity contribution is -0.146. The van der Waals surface area contributed by atoms with Gasteiger partial charge in [0.1, 0.15) is 5.69 Å². The smallest absolute Gasteiger partial charge is 0.363 e. The summed E-state index contributed by atoms with van der Waals surface area (Å²) in [4.78, 5) is 19.3. The van der Waals surface area contributed by atoms with Gasteiger partial charge in [-0.1, -0.05) is 24.3 Å². The number of halogens is 3. The van der Waals surface area contributed by atoms with Crippen molar-refractivity contribution in [2.24, 2.45) is 0 Å². The molecule has 0 radical (unpaired) electrons. The van der Waals surface area contributed by atoms with Gasteiger partial charge in [-0.05, 0) is 43.4 Å². The largest absolute Gasteiger partial charge is 0.433 e. The van der Waals surface area contributed by atoms with Gasteiger partial charge in [0.15, 0.2) is 11.8 Å². The van der Waals surface area contributed by atoms with E-state index in [4.69, 9.17) is 4.74 Å². The van der Waals surface area contributed by atoms with Gasteiger partial charge in [-0.15, -0.1) is 0 Å². The lowest BCUT2D eigenvalue weighted by atomic mass is 9.92. The minimum absolute atomic E-state index is 0.101. The highest BCUT2D eigenvalue weighted by Gasteiger charge is 2.37. The normalized spacial score (nSPS) is 21.6. The van der Waals surface area contributed by atoms with Crippen molar-refractivity contribution in [1.82, 2.24) is 19.5 Å². The van der Waals surface area contributed by atoms with Gasteiger partial charge in [0.2, 0.25) is 0 Å². The molecule has 0 unspecified atom stereocenters. The third-order valence-corrected chi connectivity index (χ3v) is 6.23. The number of aromatic nitrogens is 3. The second-order valence-electron chi connectivity index (χ2n) is 8.44. The number of aryl methyl sites for hydroxylation is 1. The molecule has 2 aromatic heterocycles. The predicted molar refractivity (Wildman–Crippen MR) is 110 cm³/mol. The van der Waals surface area contributed by atoms with Crippen molar-refractivity contribution in [2.45, 2.75) is 44.4 Å². The molecule has 32 heavy (non-hydrogen) atoms. The van der Waals surface area contributed by atoms with Crippen LogP contribution in [-0.2, 0) is 22.1 Å². The number of carbonyl (C=O) groups is 1. The Hall–Kier alpha value is -2.94. The van der Waals surface area contributed by atoms with E-state index in [1.165, 1.54) is 6.92 Å². The molecule has 1 aromatic carbocycles. The van der Waals surface area contributed by atoms with E-state index in [9.17, 15) is 18.0 Å². The third-order valence-electron chi connectivity index (χ3n) is 6.23. The van der Waals surface area contributed by atoms with Crippen molar-refractivity contribution in [3.63, 3.8) is 0 Å². The fourth-order valence-electron chi connectivity index (χ4n) is 4.70. The Morgan fingerprint density at radius 1 is 1.22 bits per heavy atom. The Kier molecular flexibility index (Phi) is 5.16. The molecule has 1 fully saturated rings. The average Bonchev–Trinajstić information content (AvgIpc) is 3.21. The quantitative estimate of drug-likeness (QED) is 0.598. The van der Waals surface area contributed by atoms with E-state index < -0.39 is 18.0 Å². The molecule has 9 heteroatoms. The number of nitrogens with zero attached hydrogens (tertiary/aromatic N) is 4. The summed E-state index contributed by atoms with van der Waals surface area (Å²) in [5.41, 5.74) is 2.14. The number of likely N-dealkylation sites (tertiary alicyclic amines) is 1. The topological polar surface area (TPSA) is 59.7 Å². The van der Waals surface area contributed by atoms with E-state index in [0.29, 0.717) is 25.4 Å². The van der Waals surface area contributed by atoms with Crippen LogP contribution in [0.3, 0.4) is 0 Å². The van der Waals surface area contributed by atoms with Gasteiger partial charge in [-0.25, -0.2) is 9.50 Å². The first-order chi connectivity index (χ1) is 15.3. The number of rotatable bonds is 2. The fraction of sp³-hybridized carbons (Fsp3) is 0.435. The van der Waals surface area contributed by atoms with Crippen LogP contribution in [0.15, 0.2) is 36.4 Å². The number of hydrogen-bond acceptors (Lipinski definition) is 4. The van der Waals surface area contributed by atoms with Gasteiger partial charge < -0.3 is 9.64 Å². The first kappa shape index (κ1) is 20.9. The number of benzene rings is 1. The van der Waals surface area contributed by atoms with Gasteiger partial charge in [0.25, 0.3) is 5.91 Å². The van der Waals surface area contributed by atoms with Crippen LogP contribution in [0.2, 0.25) is 0 Å². The Labute approximate surface area is 183 Å². The molecule has 0 bridgehead atoms. The molecule has 1 saturated heterocycles. The molecule has 0 saturated carbocycles. The maximum atomic E-state index is 13.5. The summed E-state index contributed by atoms with van der Waals surface area (Å²) in [6.45, 7) is 3.01. The summed E-state index contributed by atoms with van der Waals surface area (Å²) < 4.78 is 47.2. The van der Waals surface area contributed by atoms with Gasteiger partial charge >= 0.3 is 6.18 Å². The zero-order valence-corrected chi connectivity index (χ0v) is 17.6. The minimum Gasteiger partial charge on any atom is -0.363 e. The number of alkyl halides is 3. The maximum absolute atomic E-state index is 13.5. The second-order valence-corrected chi connectivity index (χ2v) is 8.44. The molecule has 5 rings (SSSR count).